The molecule has 2 heterocycles. The van der Waals surface area contributed by atoms with Crippen LogP contribution < -0.4 is 5.32 Å². The minimum Gasteiger partial charge on any atom is -0.325 e. The van der Waals surface area contributed by atoms with Gasteiger partial charge < -0.3 is 5.32 Å². The zero-order valence-electron chi connectivity index (χ0n) is 17.0. The van der Waals surface area contributed by atoms with E-state index in [0.29, 0.717) is 11.2 Å². The summed E-state index contributed by atoms with van der Waals surface area (Å²) in [6.07, 6.45) is 1.73. The molecule has 2 aromatic heterocycles. The lowest BCUT2D eigenvalue weighted by molar-refractivity contribution is -0.113. The first-order valence-electron chi connectivity index (χ1n) is 9.93. The Hall–Kier alpha value is -3.30. The number of carbonyl (C=O) groups is 1. The Morgan fingerprint density at radius 2 is 2.03 bits per heavy atom. The van der Waals surface area contributed by atoms with E-state index in [2.05, 4.69) is 18.3 Å². The van der Waals surface area contributed by atoms with E-state index in [1.54, 1.807) is 0 Å². The number of hydrogen-bond acceptors (Lipinski definition) is 4. The quantitative estimate of drug-likeness (QED) is 0.432. The van der Waals surface area contributed by atoms with Gasteiger partial charge in [0.05, 0.1) is 27.4 Å². The molecule has 0 saturated heterocycles. The number of benzene rings is 2. The molecule has 150 valence electrons. The SMILES string of the molecule is CCCc1cc(SCC(=O)Nc2cccc(C)c2)n2c(nc3ccccc32)c1C#N. The maximum atomic E-state index is 12.6. The minimum absolute atomic E-state index is 0.0652. The smallest absolute Gasteiger partial charge is 0.234 e. The minimum atomic E-state index is -0.0652. The van der Waals surface area contributed by atoms with Gasteiger partial charge in [-0.3, -0.25) is 9.20 Å². The van der Waals surface area contributed by atoms with Gasteiger partial charge in [-0.05, 0) is 54.8 Å². The molecule has 0 aliphatic rings. The lowest BCUT2D eigenvalue weighted by atomic mass is 10.1. The van der Waals surface area contributed by atoms with Crippen molar-refractivity contribution in [1.82, 2.24) is 9.38 Å². The third-order valence-corrected chi connectivity index (χ3v) is 5.91. The molecule has 5 nitrogen and oxygen atoms in total. The van der Waals surface area contributed by atoms with Crippen LogP contribution in [0.15, 0.2) is 59.6 Å². The van der Waals surface area contributed by atoms with Crippen molar-refractivity contribution >= 4 is 40.0 Å². The van der Waals surface area contributed by atoms with Crippen molar-refractivity contribution in [3.63, 3.8) is 0 Å². The third-order valence-electron chi connectivity index (χ3n) is 4.91. The number of thioether (sulfide) groups is 1. The number of nitriles is 1. The fourth-order valence-electron chi connectivity index (χ4n) is 3.60. The van der Waals surface area contributed by atoms with Crippen molar-refractivity contribution in [2.24, 2.45) is 0 Å². The van der Waals surface area contributed by atoms with Crippen LogP contribution in [0.2, 0.25) is 0 Å². The molecule has 0 aliphatic heterocycles. The normalized spacial score (nSPS) is 11.0. The summed E-state index contributed by atoms with van der Waals surface area (Å²) in [4.78, 5) is 17.3. The van der Waals surface area contributed by atoms with Gasteiger partial charge in [-0.2, -0.15) is 5.26 Å². The summed E-state index contributed by atoms with van der Waals surface area (Å²) >= 11 is 1.46. The van der Waals surface area contributed by atoms with Gasteiger partial charge in [0.15, 0.2) is 5.65 Å². The average Bonchev–Trinajstić information content (AvgIpc) is 3.12. The first-order chi connectivity index (χ1) is 14.6. The monoisotopic (exact) mass is 414 g/mol. The van der Waals surface area contributed by atoms with Crippen molar-refractivity contribution in [1.29, 1.82) is 5.26 Å². The number of para-hydroxylation sites is 2. The number of rotatable bonds is 6. The number of amides is 1. The van der Waals surface area contributed by atoms with Crippen molar-refractivity contribution in [2.45, 2.75) is 31.7 Å². The van der Waals surface area contributed by atoms with E-state index in [0.717, 1.165) is 45.7 Å². The Bertz CT molecular complexity index is 1290. The number of aromatic nitrogens is 2. The number of pyridine rings is 1. The fraction of sp³-hybridized carbons (Fsp3) is 0.208. The Labute approximate surface area is 179 Å². The summed E-state index contributed by atoms with van der Waals surface area (Å²) in [5, 5.41) is 13.7. The van der Waals surface area contributed by atoms with Crippen molar-refractivity contribution < 1.29 is 4.79 Å². The highest BCUT2D eigenvalue weighted by Crippen LogP contribution is 2.30. The van der Waals surface area contributed by atoms with Crippen molar-refractivity contribution in [3.8, 4) is 6.07 Å². The van der Waals surface area contributed by atoms with E-state index in [1.165, 1.54) is 11.8 Å². The summed E-state index contributed by atoms with van der Waals surface area (Å²) in [6, 6.07) is 20.0. The van der Waals surface area contributed by atoms with Crippen molar-refractivity contribution in [2.75, 3.05) is 11.1 Å². The molecule has 1 amide bonds. The molecule has 0 bridgehead atoms. The molecule has 0 fully saturated rings. The Morgan fingerprint density at radius 1 is 1.20 bits per heavy atom. The number of fused-ring (bicyclic) bond motifs is 3. The van der Waals surface area contributed by atoms with Gasteiger partial charge in [0.2, 0.25) is 5.91 Å². The Kier molecular flexibility index (Phi) is 5.73. The van der Waals surface area contributed by atoms with Crippen LogP contribution in [0.1, 0.15) is 30.0 Å². The highest BCUT2D eigenvalue weighted by molar-refractivity contribution is 7.99. The molecule has 2 aromatic carbocycles. The molecule has 30 heavy (non-hydrogen) atoms. The van der Waals surface area contributed by atoms with E-state index in [1.807, 2.05) is 65.9 Å². The van der Waals surface area contributed by atoms with Crippen LogP contribution in [0.4, 0.5) is 5.69 Å². The summed E-state index contributed by atoms with van der Waals surface area (Å²) in [5.74, 6) is 0.206. The van der Waals surface area contributed by atoms with Gasteiger partial charge in [0.25, 0.3) is 0 Å². The second-order valence-corrected chi connectivity index (χ2v) is 8.21. The van der Waals surface area contributed by atoms with E-state index >= 15 is 0 Å². The predicted molar refractivity (Wildman–Crippen MR) is 122 cm³/mol. The van der Waals surface area contributed by atoms with Gasteiger partial charge in [0, 0.05) is 5.69 Å². The zero-order valence-corrected chi connectivity index (χ0v) is 17.8. The van der Waals surface area contributed by atoms with Crippen LogP contribution in [0.5, 0.6) is 0 Å². The number of nitrogens with one attached hydrogen (secondary N) is 1. The maximum Gasteiger partial charge on any atom is 0.234 e. The van der Waals surface area contributed by atoms with Gasteiger partial charge in [-0.1, -0.05) is 49.4 Å². The predicted octanol–water partition coefficient (Wildman–Crippen LogP) is 5.35. The molecule has 4 rings (SSSR count). The van der Waals surface area contributed by atoms with Crippen LogP contribution in [0.3, 0.4) is 0 Å². The van der Waals surface area contributed by atoms with Crippen LogP contribution in [0, 0.1) is 18.3 Å². The number of aryl methyl sites for hydroxylation is 2. The topological polar surface area (TPSA) is 70.2 Å². The maximum absolute atomic E-state index is 12.6. The van der Waals surface area contributed by atoms with Crippen LogP contribution in [0.25, 0.3) is 16.7 Å². The number of imidazole rings is 1. The third kappa shape index (κ3) is 3.89. The largest absolute Gasteiger partial charge is 0.325 e. The van der Waals surface area contributed by atoms with Crippen LogP contribution in [-0.4, -0.2) is 21.0 Å². The second kappa shape index (κ2) is 8.60. The van der Waals surface area contributed by atoms with Crippen LogP contribution in [-0.2, 0) is 11.2 Å². The summed E-state index contributed by atoms with van der Waals surface area (Å²) in [7, 11) is 0. The molecule has 6 heteroatoms. The zero-order chi connectivity index (χ0) is 21.1. The molecule has 4 aromatic rings. The number of carbonyl (C=O) groups excluding carboxylic acids is 1. The molecule has 0 atom stereocenters. The highest BCUT2D eigenvalue weighted by Gasteiger charge is 2.17. The lowest BCUT2D eigenvalue weighted by Gasteiger charge is -2.12. The van der Waals surface area contributed by atoms with Crippen LogP contribution >= 0.6 is 11.8 Å². The average molecular weight is 415 g/mol. The number of hydrogen-bond donors (Lipinski definition) is 1. The molecule has 1 N–H and O–H groups in total. The molecule has 0 radical (unpaired) electrons. The summed E-state index contributed by atoms with van der Waals surface area (Å²) in [5.41, 5.74) is 5.92. The Balaban J connectivity index is 1.70. The number of nitrogens with zero attached hydrogens (tertiary/aromatic N) is 3. The molecule has 0 unspecified atom stereocenters. The first-order valence-corrected chi connectivity index (χ1v) is 10.9. The second-order valence-electron chi connectivity index (χ2n) is 7.21. The van der Waals surface area contributed by atoms with E-state index < -0.39 is 0 Å². The summed E-state index contributed by atoms with van der Waals surface area (Å²) in [6.45, 7) is 4.09. The van der Waals surface area contributed by atoms with Gasteiger partial charge in [0.1, 0.15) is 6.07 Å². The lowest BCUT2D eigenvalue weighted by Crippen LogP contribution is -2.14. The van der Waals surface area contributed by atoms with E-state index in [-0.39, 0.29) is 11.7 Å². The van der Waals surface area contributed by atoms with Gasteiger partial charge in [-0.15, -0.1) is 0 Å². The van der Waals surface area contributed by atoms with E-state index in [4.69, 9.17) is 4.98 Å². The molecular weight excluding hydrogens is 392 g/mol. The number of anilines is 1. The summed E-state index contributed by atoms with van der Waals surface area (Å²) < 4.78 is 2.00. The molecule has 0 aliphatic carbocycles. The molecule has 0 spiro atoms. The fourth-order valence-corrected chi connectivity index (χ4v) is 4.49. The molecule has 0 saturated carbocycles. The highest BCUT2D eigenvalue weighted by atomic mass is 32.2. The van der Waals surface area contributed by atoms with Gasteiger partial charge >= 0.3 is 0 Å². The standard InChI is InChI=1S/C24H22N4OS/c1-3-7-17-13-23(30-15-22(29)26-18-9-6-8-16(2)12-18)28-21-11-5-4-10-20(21)27-24(28)19(17)14-25/h4-6,8-13H,3,7,15H2,1-2H3,(H,26,29). The van der Waals surface area contributed by atoms with Crippen molar-refractivity contribution in [3.05, 3.63) is 71.3 Å². The molecular formula is C24H22N4OS. The van der Waals surface area contributed by atoms with E-state index in [9.17, 15) is 10.1 Å². The Morgan fingerprint density at radius 3 is 2.80 bits per heavy atom. The first kappa shape index (κ1) is 20.0. The van der Waals surface area contributed by atoms with Gasteiger partial charge in [-0.25, -0.2) is 4.98 Å².